The van der Waals surface area contributed by atoms with E-state index < -0.39 is 26.1 Å². The molecule has 162 valence electrons. The van der Waals surface area contributed by atoms with E-state index in [1.165, 1.54) is 28.2 Å². The molecule has 0 aliphatic heterocycles. The second-order valence-corrected chi connectivity index (χ2v) is 12.5. The van der Waals surface area contributed by atoms with E-state index in [9.17, 15) is 13.0 Å². The fraction of sp³-hybridized carbons (Fsp3) is 0.348. The summed E-state index contributed by atoms with van der Waals surface area (Å²) >= 11 is -1.28. The molecule has 1 N–H and O–H groups in total. The monoisotopic (exact) mass is 455 g/mol. The summed E-state index contributed by atoms with van der Waals surface area (Å²) in [6.07, 6.45) is 2.21. The predicted octanol–water partition coefficient (Wildman–Crippen LogP) is 4.18. The normalized spacial score (nSPS) is 17.8. The predicted molar refractivity (Wildman–Crippen MR) is 122 cm³/mol. The van der Waals surface area contributed by atoms with Crippen molar-refractivity contribution in [1.82, 2.24) is 8.69 Å². The van der Waals surface area contributed by atoms with Gasteiger partial charge in [-0.15, -0.1) is 4.72 Å². The van der Waals surface area contributed by atoms with Gasteiger partial charge in [0, 0.05) is 28.0 Å². The van der Waals surface area contributed by atoms with Gasteiger partial charge in [0.1, 0.15) is 4.75 Å². The maximum atomic E-state index is 13.7. The number of nitrogens with zero attached hydrogens (tertiary/aromatic N) is 2. The van der Waals surface area contributed by atoms with Crippen LogP contribution in [0.2, 0.25) is 0 Å². The highest BCUT2D eigenvalue weighted by Gasteiger charge is 2.36. The van der Waals surface area contributed by atoms with Gasteiger partial charge in [-0.3, -0.25) is 0 Å². The summed E-state index contributed by atoms with van der Waals surface area (Å²) in [5, 5.41) is 9.90. The van der Waals surface area contributed by atoms with Crippen molar-refractivity contribution in [1.29, 1.82) is 5.26 Å². The number of hydrogen-bond donors (Lipinski definition) is 1. The summed E-state index contributed by atoms with van der Waals surface area (Å²) in [6, 6.07) is 15.3. The third-order valence-electron chi connectivity index (χ3n) is 5.55. The van der Waals surface area contributed by atoms with Gasteiger partial charge in [-0.25, -0.2) is 12.4 Å². The van der Waals surface area contributed by atoms with Crippen LogP contribution in [0.3, 0.4) is 0 Å². The van der Waals surface area contributed by atoms with Crippen LogP contribution in [-0.4, -0.2) is 21.7 Å². The van der Waals surface area contributed by atoms with Crippen molar-refractivity contribution in [2.24, 2.45) is 0 Å². The van der Waals surface area contributed by atoms with Crippen LogP contribution in [0.4, 0.5) is 0 Å². The third kappa shape index (κ3) is 3.87. The number of aromatic nitrogens is 1. The summed E-state index contributed by atoms with van der Waals surface area (Å²) in [4.78, 5) is 0.142. The van der Waals surface area contributed by atoms with Crippen LogP contribution in [0.15, 0.2) is 53.4 Å². The van der Waals surface area contributed by atoms with E-state index in [0.717, 1.165) is 29.5 Å². The lowest BCUT2D eigenvalue weighted by molar-refractivity contribution is 0.488. The molecule has 0 saturated carbocycles. The molecule has 0 spiro atoms. The van der Waals surface area contributed by atoms with E-state index in [1.807, 2.05) is 51.1 Å². The van der Waals surface area contributed by atoms with Gasteiger partial charge in [-0.05, 0) is 70.4 Å². The van der Waals surface area contributed by atoms with Crippen LogP contribution < -0.4 is 4.72 Å². The molecule has 8 heteroatoms. The first-order valence-electron chi connectivity index (χ1n) is 10.2. The van der Waals surface area contributed by atoms with Crippen molar-refractivity contribution >= 4 is 32.3 Å². The largest absolute Gasteiger partial charge is 0.598 e. The van der Waals surface area contributed by atoms with Crippen molar-refractivity contribution in [3.63, 3.8) is 0 Å². The number of benzene rings is 2. The van der Waals surface area contributed by atoms with Crippen LogP contribution in [0.25, 0.3) is 10.9 Å². The SMILES string of the molecule is CC(C)(C)[S@@+]([O-])N[C@@H]1CCCc2c1c1ccccc1n2S(=O)(=O)c1ccc(C#N)cc1. The molecule has 4 rings (SSSR count). The number of nitrogens with one attached hydrogen (secondary N) is 1. The summed E-state index contributed by atoms with van der Waals surface area (Å²) in [6.45, 7) is 5.75. The molecule has 1 aliphatic rings. The molecule has 0 radical (unpaired) electrons. The summed E-state index contributed by atoms with van der Waals surface area (Å²) in [5.74, 6) is 0. The minimum absolute atomic E-state index is 0.142. The molecule has 2 atom stereocenters. The van der Waals surface area contributed by atoms with Crippen LogP contribution >= 0.6 is 0 Å². The molecule has 6 nitrogen and oxygen atoms in total. The average Bonchev–Trinajstić information content (AvgIpc) is 3.09. The Kier molecular flexibility index (Phi) is 5.64. The molecule has 1 aromatic heterocycles. The molecule has 0 bridgehead atoms. The van der Waals surface area contributed by atoms with E-state index in [1.54, 1.807) is 0 Å². The molecule has 3 aromatic rings. The van der Waals surface area contributed by atoms with Crippen LogP contribution in [-0.2, 0) is 27.8 Å². The number of hydrogen-bond acceptors (Lipinski definition) is 5. The molecule has 0 unspecified atom stereocenters. The van der Waals surface area contributed by atoms with Gasteiger partial charge in [0.2, 0.25) is 0 Å². The van der Waals surface area contributed by atoms with Crippen molar-refractivity contribution < 1.29 is 13.0 Å². The summed E-state index contributed by atoms with van der Waals surface area (Å²) in [7, 11) is -3.87. The molecule has 1 heterocycles. The quantitative estimate of drug-likeness (QED) is 0.595. The Bertz CT molecular complexity index is 1270. The van der Waals surface area contributed by atoms with Crippen molar-refractivity contribution in [3.05, 3.63) is 65.4 Å². The zero-order valence-electron chi connectivity index (χ0n) is 17.8. The maximum absolute atomic E-state index is 13.7. The summed E-state index contributed by atoms with van der Waals surface area (Å²) in [5.41, 5.74) is 2.68. The maximum Gasteiger partial charge on any atom is 0.268 e. The first kappa shape index (κ1) is 21.9. The van der Waals surface area contributed by atoms with E-state index >= 15 is 0 Å². The molecule has 0 saturated heterocycles. The van der Waals surface area contributed by atoms with Gasteiger partial charge in [0.25, 0.3) is 10.0 Å². The molecule has 0 amide bonds. The standard InChI is InChI=1S/C23H25N3O3S2/c1-23(2,3)30(27)25-19-8-6-10-21-22(19)18-7-4-5-9-20(18)26(21)31(28,29)17-13-11-16(15-24)12-14-17/h4-5,7,9,11-14,19,25H,6,8,10H2,1-3H3/t19-,30-/m1/s1. The van der Waals surface area contributed by atoms with Crippen LogP contribution in [0.5, 0.6) is 0 Å². The lowest BCUT2D eigenvalue weighted by Gasteiger charge is -2.30. The van der Waals surface area contributed by atoms with Gasteiger partial charge in [-0.2, -0.15) is 5.26 Å². The minimum Gasteiger partial charge on any atom is -0.598 e. The fourth-order valence-corrected chi connectivity index (χ4v) is 6.47. The van der Waals surface area contributed by atoms with Gasteiger partial charge in [-0.1, -0.05) is 18.2 Å². The zero-order chi connectivity index (χ0) is 22.4. The molecular weight excluding hydrogens is 430 g/mol. The Balaban J connectivity index is 1.90. The van der Waals surface area contributed by atoms with Crippen molar-refractivity contribution in [2.45, 2.75) is 55.7 Å². The molecule has 0 fully saturated rings. The van der Waals surface area contributed by atoms with Crippen LogP contribution in [0.1, 0.15) is 56.5 Å². The topological polar surface area (TPSA) is 97.9 Å². The Morgan fingerprint density at radius 1 is 1.16 bits per heavy atom. The van der Waals surface area contributed by atoms with E-state index in [4.69, 9.17) is 5.26 Å². The first-order valence-corrected chi connectivity index (χ1v) is 12.8. The van der Waals surface area contributed by atoms with Gasteiger partial charge in [0.05, 0.1) is 28.1 Å². The second kappa shape index (κ2) is 7.99. The van der Waals surface area contributed by atoms with Crippen molar-refractivity contribution in [2.75, 3.05) is 0 Å². The first-order chi connectivity index (χ1) is 14.6. The van der Waals surface area contributed by atoms with Gasteiger partial charge >= 0.3 is 0 Å². The zero-order valence-corrected chi connectivity index (χ0v) is 19.4. The Labute approximate surface area is 186 Å². The fourth-order valence-electron chi connectivity index (χ4n) is 4.04. The minimum atomic E-state index is -3.87. The smallest absolute Gasteiger partial charge is 0.268 e. The molecule has 2 aromatic carbocycles. The van der Waals surface area contributed by atoms with Crippen molar-refractivity contribution in [3.8, 4) is 6.07 Å². The highest BCUT2D eigenvalue weighted by Crippen LogP contribution is 2.40. The average molecular weight is 456 g/mol. The van der Waals surface area contributed by atoms with E-state index in [0.29, 0.717) is 17.5 Å². The second-order valence-electron chi connectivity index (χ2n) is 8.73. The van der Waals surface area contributed by atoms with E-state index in [-0.39, 0.29) is 10.9 Å². The lowest BCUT2D eigenvalue weighted by Crippen LogP contribution is -2.42. The van der Waals surface area contributed by atoms with Crippen LogP contribution in [0, 0.1) is 11.3 Å². The molecule has 1 aliphatic carbocycles. The highest BCUT2D eigenvalue weighted by atomic mass is 32.2. The Morgan fingerprint density at radius 2 is 1.84 bits per heavy atom. The summed E-state index contributed by atoms with van der Waals surface area (Å²) < 4.78 is 44.4. The Hall–Kier alpha value is -2.31. The van der Waals surface area contributed by atoms with Gasteiger partial charge < -0.3 is 4.55 Å². The lowest BCUT2D eigenvalue weighted by atomic mass is 9.91. The van der Waals surface area contributed by atoms with E-state index in [2.05, 4.69) is 4.72 Å². The van der Waals surface area contributed by atoms with Gasteiger partial charge in [0.15, 0.2) is 0 Å². The molecule has 31 heavy (non-hydrogen) atoms. The number of nitriles is 1. The number of fused-ring (bicyclic) bond motifs is 3. The molecular formula is C23H25N3O3S2. The number of rotatable bonds is 4. The Morgan fingerprint density at radius 3 is 2.48 bits per heavy atom. The highest BCUT2D eigenvalue weighted by molar-refractivity contribution is 7.91. The number of para-hydroxylation sites is 1. The third-order valence-corrected chi connectivity index (χ3v) is 8.93.